The topological polar surface area (TPSA) is 579 Å². The fourth-order valence-electron chi connectivity index (χ4n) is 4.99. The third kappa shape index (κ3) is 32.0. The lowest BCUT2D eigenvalue weighted by Gasteiger charge is -2.49. The van der Waals surface area contributed by atoms with Crippen molar-refractivity contribution in [2.75, 3.05) is 39.3 Å². The molecule has 4 rings (SSSR count). The molecule has 0 aliphatic heterocycles. The summed E-state index contributed by atoms with van der Waals surface area (Å²) in [6.07, 6.45) is 2.41. The van der Waals surface area contributed by atoms with E-state index in [9.17, 15) is 47.6 Å². The average Bonchev–Trinajstić information content (AvgIpc) is 3.23. The second-order valence-corrected chi connectivity index (χ2v) is 21.6. The zero-order valence-electron chi connectivity index (χ0n) is 38.3. The van der Waals surface area contributed by atoms with Crippen LogP contribution in [-0.2, 0) is 43.9 Å². The Morgan fingerprint density at radius 1 is 0.368 bits per heavy atom. The molecule has 0 heterocycles. The smallest absolute Gasteiger partial charge is 0.168 e. The van der Waals surface area contributed by atoms with Crippen LogP contribution in [0.4, 0.5) is 0 Å². The highest BCUT2D eigenvalue weighted by atomic mass is 31.2. The van der Waals surface area contributed by atoms with Gasteiger partial charge in [0.05, 0.1) is 39.3 Å². The number of quaternary nitrogens is 6. The minimum absolute atomic E-state index is 0. The van der Waals surface area contributed by atoms with Gasteiger partial charge in [0, 0.05) is 25.7 Å². The van der Waals surface area contributed by atoms with E-state index in [-0.39, 0.29) is 47.8 Å². The van der Waals surface area contributed by atoms with Crippen LogP contribution in [0, 0.1) is 0 Å². The van der Waals surface area contributed by atoms with Crippen LogP contribution in [0.2, 0.25) is 0 Å². The van der Waals surface area contributed by atoms with Gasteiger partial charge in [-0.2, -0.15) is 0 Å². The van der Waals surface area contributed by atoms with E-state index >= 15 is 0 Å². The molecule has 0 amide bonds. The van der Waals surface area contributed by atoms with E-state index in [1.807, 2.05) is 24.3 Å². The van der Waals surface area contributed by atoms with Crippen LogP contribution >= 0.6 is 30.4 Å². The predicted octanol–water partition coefficient (Wildman–Crippen LogP) is -9.19. The molecule has 4 aromatic carbocycles. The zero-order chi connectivity index (χ0) is 49.4. The molecule has 28 heteroatoms. The lowest BCUT2D eigenvalue weighted by Crippen LogP contribution is -2.51. The minimum atomic E-state index is -5.84. The molecule has 2 unspecified atom stereocenters. The Morgan fingerprint density at radius 3 is 0.662 bits per heavy atom. The van der Waals surface area contributed by atoms with Crippen molar-refractivity contribution in [3.05, 3.63) is 144 Å². The summed E-state index contributed by atoms with van der Waals surface area (Å²) in [5.74, 6) is 0. The first-order valence-corrected chi connectivity index (χ1v) is 26.6. The van der Waals surface area contributed by atoms with Crippen LogP contribution in [0.5, 0.6) is 0 Å². The van der Waals surface area contributed by atoms with Crippen molar-refractivity contribution in [1.82, 2.24) is 0 Å². The highest BCUT2D eigenvalue weighted by Gasteiger charge is 2.41. The quantitative estimate of drug-likeness (QED) is 0.0414. The van der Waals surface area contributed by atoms with Gasteiger partial charge in [0.1, 0.15) is 0 Å². The number of rotatable bonds is 18. The molecule has 30 N–H and O–H groups in total. The first-order valence-electron chi connectivity index (χ1n) is 20.3. The monoisotopic (exact) mass is 1050 g/mol. The summed E-state index contributed by atoms with van der Waals surface area (Å²) in [4.78, 5) is 79.9. The molecule has 0 fully saturated rings. The zero-order valence-corrected chi connectivity index (χ0v) is 41.9. The molecule has 0 aromatic heterocycles. The molecule has 68 heavy (non-hydrogen) atoms. The van der Waals surface area contributed by atoms with Gasteiger partial charge in [-0.3, -0.25) is 0 Å². The number of aliphatic hydroxyl groups is 2. The Labute approximate surface area is 397 Å². The molecule has 0 bridgehead atoms. The van der Waals surface area contributed by atoms with Gasteiger partial charge in [-0.25, -0.2) is 0 Å². The maximum atomic E-state index is 10.5. The van der Waals surface area contributed by atoms with Crippen LogP contribution < -0.4 is 63.8 Å². The summed E-state index contributed by atoms with van der Waals surface area (Å²) < 4.78 is 42.0. The maximum absolute atomic E-state index is 10.5. The molecule has 0 saturated heterocycles. The summed E-state index contributed by atoms with van der Waals surface area (Å²) in [5, 5.41) is 10.9. The van der Waals surface area contributed by atoms with Crippen LogP contribution in [0.3, 0.4) is 0 Å². The van der Waals surface area contributed by atoms with Crippen LogP contribution in [-0.4, -0.2) is 91.3 Å². The van der Waals surface area contributed by atoms with Gasteiger partial charge in [0.15, 0.2) is 25.4 Å². The predicted molar refractivity (Wildman–Crippen MR) is 245 cm³/mol. The third-order valence-corrected chi connectivity index (χ3v) is 16.0. The number of hydrogen-bond acceptors (Lipinski definition) is 12. The summed E-state index contributed by atoms with van der Waals surface area (Å²) >= 11 is 0. The second-order valence-electron chi connectivity index (χ2n) is 13.9. The van der Waals surface area contributed by atoms with Crippen LogP contribution in [0.1, 0.15) is 47.9 Å². The largest absolute Gasteiger partial charge is 0.808 e. The fraction of sp³-hybridized carbons (Fsp3) is 0.400. The van der Waals surface area contributed by atoms with Crippen molar-refractivity contribution >= 4 is 30.4 Å². The Kier molecular flexibility index (Phi) is 45.8. The van der Waals surface area contributed by atoms with Gasteiger partial charge in [-0.15, -0.1) is 0 Å². The van der Waals surface area contributed by atoms with Gasteiger partial charge in [0.25, 0.3) is 0 Å². The van der Waals surface area contributed by atoms with Crippen molar-refractivity contribution < 1.29 is 124 Å². The van der Waals surface area contributed by atoms with Gasteiger partial charge in [0.2, 0.25) is 0 Å². The molecule has 396 valence electrons. The molecule has 0 spiro atoms. The van der Waals surface area contributed by atoms with E-state index in [0.29, 0.717) is 0 Å². The minimum Gasteiger partial charge on any atom is -0.808 e. The first kappa shape index (κ1) is 76.5. The molecule has 0 aliphatic carbocycles. The van der Waals surface area contributed by atoms with Crippen molar-refractivity contribution in [2.45, 2.75) is 61.5 Å². The van der Waals surface area contributed by atoms with E-state index in [4.69, 9.17) is 20.0 Å². The summed E-state index contributed by atoms with van der Waals surface area (Å²) in [5.41, 5.74) is 27.2. The lowest BCUT2D eigenvalue weighted by molar-refractivity contribution is -0.370. The highest BCUT2D eigenvalue weighted by molar-refractivity contribution is 7.70. The number of benzene rings is 4. The van der Waals surface area contributed by atoms with Gasteiger partial charge < -0.3 is 124 Å². The molecule has 4 aromatic rings. The van der Waals surface area contributed by atoms with Crippen molar-refractivity contribution in [2.24, 2.45) is 0 Å². The third-order valence-electron chi connectivity index (χ3n) is 8.54. The highest BCUT2D eigenvalue weighted by Crippen LogP contribution is 2.64. The molecule has 4 atom stereocenters. The van der Waals surface area contributed by atoms with E-state index in [1.165, 1.54) is 22.3 Å². The molecule has 0 aliphatic rings. The standard InChI is InChI=1S/4C8H11N.2C4H13NO7P2.4H2O/c4*9-7-6-8-4-2-1-3-5-8;2*5-3-1-2-4(6,13(7,8)9)14(10,11)12;;;;/h4*1-5H,6-7,9H2;2*6H,1-3,5H2,(H2,7,8,9)(H2,10,11,12);4*1H2. The van der Waals surface area contributed by atoms with Crippen LogP contribution in [0.25, 0.3) is 0 Å². The summed E-state index contributed by atoms with van der Waals surface area (Å²) in [6.45, 7) is 4.21. The summed E-state index contributed by atoms with van der Waals surface area (Å²) in [6, 6.07) is 41.7. The average molecular weight is 1050 g/mol. The second kappa shape index (κ2) is 40.7. The van der Waals surface area contributed by atoms with Crippen molar-refractivity contribution in [3.8, 4) is 0 Å². The van der Waals surface area contributed by atoms with Gasteiger partial charge >= 0.3 is 0 Å². The van der Waals surface area contributed by atoms with E-state index < -0.39 is 53.4 Å². The molecular weight excluding hydrogens is 976 g/mol. The molecule has 0 saturated carbocycles. The maximum Gasteiger partial charge on any atom is 0.168 e. The van der Waals surface area contributed by atoms with E-state index in [2.05, 4.69) is 131 Å². The molecular formula is C40H78N6O18P4. The molecule has 0 radical (unpaired) electrons. The van der Waals surface area contributed by atoms with Crippen LogP contribution in [0.15, 0.2) is 121 Å². The molecule has 24 nitrogen and oxygen atoms in total. The van der Waals surface area contributed by atoms with Crippen molar-refractivity contribution in [3.63, 3.8) is 0 Å². The Bertz CT molecular complexity index is 1680. The summed E-state index contributed by atoms with van der Waals surface area (Å²) in [7, 11) is -23.0. The SMILES string of the molecule is O.O.O.O.[NH3+]CCC[C@@](O)(P(=O)([O-])[O-])P(=O)([O-])O.[NH3+]CCC[C@](O)(P(=O)([O-])[O-])P(=O)([O-])O.[NH3+]CCc1ccccc1.[NH3+]CCc1ccccc1.[NH3+]CCc1ccccc1.[NH3+]CCc1ccccc1. The Hall–Kier alpha value is -3.00. The lowest BCUT2D eigenvalue weighted by atomic mass is 10.2. The van der Waals surface area contributed by atoms with Gasteiger partial charge in [-0.1, -0.05) is 121 Å². The van der Waals surface area contributed by atoms with E-state index in [1.54, 1.807) is 0 Å². The normalized spacial score (nSPS) is 13.8. The van der Waals surface area contributed by atoms with E-state index in [0.717, 1.165) is 51.9 Å². The number of hydrogen-bond donors (Lipinski definition) is 10. The first-order chi connectivity index (χ1) is 29.8. The Morgan fingerprint density at radius 2 is 0.544 bits per heavy atom. The Balaban J connectivity index is -0.000000169. The van der Waals surface area contributed by atoms with Gasteiger partial charge in [-0.05, 0) is 63.1 Å². The van der Waals surface area contributed by atoms with Crippen molar-refractivity contribution in [1.29, 1.82) is 0 Å². The fourth-order valence-corrected chi connectivity index (χ4v) is 9.21.